The van der Waals surface area contributed by atoms with Crippen LogP contribution in [-0.4, -0.2) is 22.7 Å². The predicted molar refractivity (Wildman–Crippen MR) is 78.4 cm³/mol. The lowest BCUT2D eigenvalue weighted by Gasteiger charge is -2.37. The molecule has 0 spiro atoms. The molecule has 1 aromatic carbocycles. The van der Waals surface area contributed by atoms with Crippen LogP contribution in [0.25, 0.3) is 0 Å². The highest BCUT2D eigenvalue weighted by atomic mass is 16.6. The monoisotopic (exact) mass is 299 g/mol. The number of benzene rings is 1. The lowest BCUT2D eigenvalue weighted by atomic mass is 10.0. The number of hydrogen-bond acceptors (Lipinski definition) is 4. The minimum absolute atomic E-state index is 0.258. The van der Waals surface area contributed by atoms with Gasteiger partial charge in [0.15, 0.2) is 0 Å². The topological polar surface area (TPSA) is 63.7 Å². The van der Waals surface area contributed by atoms with Gasteiger partial charge in [0.05, 0.1) is 0 Å². The predicted octanol–water partition coefficient (Wildman–Crippen LogP) is 2.05. The van der Waals surface area contributed by atoms with Crippen LogP contribution in [-0.2, 0) is 31.3 Å². The molecule has 0 bridgehead atoms. The Morgan fingerprint density at radius 1 is 1.23 bits per heavy atom. The summed E-state index contributed by atoms with van der Waals surface area (Å²) < 4.78 is 5.70. The summed E-state index contributed by atoms with van der Waals surface area (Å²) in [6.07, 6.45) is 4.41. The summed E-state index contributed by atoms with van der Waals surface area (Å²) in [7, 11) is 0. The van der Waals surface area contributed by atoms with E-state index in [0.29, 0.717) is 19.3 Å². The lowest BCUT2D eigenvalue weighted by molar-refractivity contribution is -0.192. The maximum atomic E-state index is 12.2. The molecule has 0 aromatic heterocycles. The number of hydrogen-bond donors (Lipinski definition) is 0. The number of aryl methyl sites for hydroxylation is 1. The Morgan fingerprint density at radius 2 is 1.91 bits per heavy atom. The van der Waals surface area contributed by atoms with Crippen molar-refractivity contribution in [3.05, 3.63) is 47.5 Å². The Hall–Kier alpha value is -2.43. The second-order valence-electron chi connectivity index (χ2n) is 5.51. The molecule has 22 heavy (non-hydrogen) atoms. The molecule has 1 heterocycles. The molecular weight excluding hydrogens is 282 g/mol. The Balaban J connectivity index is 2.06. The number of ether oxygens (including phenoxy) is 1. The number of carbonyl (C=O) groups is 3. The molecule has 0 radical (unpaired) electrons. The molecule has 1 aromatic rings. The van der Waals surface area contributed by atoms with E-state index < -0.39 is 23.5 Å². The number of nitrogens with zero attached hydrogens (tertiary/aromatic N) is 1. The van der Waals surface area contributed by atoms with Gasteiger partial charge in [-0.05, 0) is 18.4 Å². The third kappa shape index (κ3) is 2.13. The molecule has 2 aliphatic rings. The van der Waals surface area contributed by atoms with Crippen molar-refractivity contribution in [1.82, 2.24) is 4.90 Å². The van der Waals surface area contributed by atoms with Crippen molar-refractivity contribution in [2.45, 2.75) is 38.3 Å². The van der Waals surface area contributed by atoms with Gasteiger partial charge in [0.1, 0.15) is 0 Å². The van der Waals surface area contributed by atoms with Crippen LogP contribution in [0, 0.1) is 0 Å². The molecule has 0 fully saturated rings. The smallest absolute Gasteiger partial charge is 0.308 e. The van der Waals surface area contributed by atoms with E-state index in [4.69, 9.17) is 4.74 Å². The summed E-state index contributed by atoms with van der Waals surface area (Å²) >= 11 is 0. The molecule has 5 heteroatoms. The first-order chi connectivity index (χ1) is 10.6. The maximum absolute atomic E-state index is 12.2. The molecule has 1 aliphatic heterocycles. The van der Waals surface area contributed by atoms with E-state index in [9.17, 15) is 14.4 Å². The molecule has 5 nitrogen and oxygen atoms in total. The van der Waals surface area contributed by atoms with Crippen molar-refractivity contribution in [1.29, 1.82) is 0 Å². The summed E-state index contributed by atoms with van der Waals surface area (Å²) in [6, 6.07) is 7.48. The normalized spacial score (nSPS) is 23.0. The highest BCUT2D eigenvalue weighted by molar-refractivity contribution is 6.13. The number of fused-ring (bicyclic) bond motifs is 1. The molecule has 1 aliphatic carbocycles. The Bertz CT molecular complexity index is 661. The van der Waals surface area contributed by atoms with E-state index in [1.54, 1.807) is 0 Å². The van der Waals surface area contributed by atoms with E-state index in [0.717, 1.165) is 16.0 Å². The molecule has 0 N–H and O–H groups in total. The summed E-state index contributed by atoms with van der Waals surface area (Å²) in [6.45, 7) is 1.88. The van der Waals surface area contributed by atoms with Crippen LogP contribution in [0.15, 0.2) is 36.4 Å². The van der Waals surface area contributed by atoms with Gasteiger partial charge in [0.2, 0.25) is 5.72 Å². The SMILES string of the molecule is CCCC(=O)O[C@@]1(N2C(=O)C=CC2=O)CCc2ccccc21. The van der Waals surface area contributed by atoms with Crippen molar-refractivity contribution in [2.75, 3.05) is 0 Å². The first-order valence-corrected chi connectivity index (χ1v) is 7.45. The van der Waals surface area contributed by atoms with Gasteiger partial charge in [-0.25, -0.2) is 4.90 Å². The van der Waals surface area contributed by atoms with Gasteiger partial charge in [0.25, 0.3) is 11.8 Å². The second kappa shape index (κ2) is 5.40. The number of imide groups is 1. The standard InChI is InChI=1S/C17H17NO4/c1-2-5-16(21)22-17(18-14(19)8-9-15(18)20)11-10-12-6-3-4-7-13(12)17/h3-4,6-9H,2,5,10-11H2,1H3/t17-/m0/s1. The zero-order valence-electron chi connectivity index (χ0n) is 12.4. The fourth-order valence-electron chi connectivity index (χ4n) is 3.14. The minimum Gasteiger partial charge on any atom is -0.434 e. The number of carbonyl (C=O) groups excluding carboxylic acids is 3. The van der Waals surface area contributed by atoms with E-state index in [2.05, 4.69) is 0 Å². The van der Waals surface area contributed by atoms with Crippen LogP contribution < -0.4 is 0 Å². The van der Waals surface area contributed by atoms with Gasteiger partial charge in [-0.2, -0.15) is 0 Å². The van der Waals surface area contributed by atoms with Crippen LogP contribution in [0.5, 0.6) is 0 Å². The summed E-state index contributed by atoms with van der Waals surface area (Å²) in [4.78, 5) is 37.5. The zero-order chi connectivity index (χ0) is 15.7. The van der Waals surface area contributed by atoms with Crippen molar-refractivity contribution in [3.63, 3.8) is 0 Å². The average molecular weight is 299 g/mol. The molecule has 0 unspecified atom stereocenters. The van der Waals surface area contributed by atoms with Gasteiger partial charge in [-0.1, -0.05) is 31.2 Å². The van der Waals surface area contributed by atoms with E-state index in [-0.39, 0.29) is 6.42 Å². The molecule has 1 atom stereocenters. The van der Waals surface area contributed by atoms with Crippen molar-refractivity contribution < 1.29 is 19.1 Å². The molecule has 3 rings (SSSR count). The zero-order valence-corrected chi connectivity index (χ0v) is 12.4. The van der Waals surface area contributed by atoms with Gasteiger partial charge < -0.3 is 4.74 Å². The van der Waals surface area contributed by atoms with Gasteiger partial charge in [-0.15, -0.1) is 0 Å². The highest BCUT2D eigenvalue weighted by Crippen LogP contribution is 2.44. The third-order valence-corrected chi connectivity index (χ3v) is 4.08. The van der Waals surface area contributed by atoms with Crippen molar-refractivity contribution in [3.8, 4) is 0 Å². The van der Waals surface area contributed by atoms with E-state index >= 15 is 0 Å². The van der Waals surface area contributed by atoms with Gasteiger partial charge in [-0.3, -0.25) is 14.4 Å². The summed E-state index contributed by atoms with van der Waals surface area (Å²) in [5, 5.41) is 0. The maximum Gasteiger partial charge on any atom is 0.308 e. The molecule has 0 saturated heterocycles. The quantitative estimate of drug-likeness (QED) is 0.630. The Kier molecular flexibility index (Phi) is 3.56. The van der Waals surface area contributed by atoms with Crippen LogP contribution in [0.4, 0.5) is 0 Å². The summed E-state index contributed by atoms with van der Waals surface area (Å²) in [5.41, 5.74) is 0.421. The fraction of sp³-hybridized carbons (Fsp3) is 0.353. The Labute approximate surface area is 128 Å². The molecular formula is C17H17NO4. The molecule has 114 valence electrons. The van der Waals surface area contributed by atoms with Crippen LogP contribution in [0.2, 0.25) is 0 Å². The van der Waals surface area contributed by atoms with E-state index in [1.807, 2.05) is 31.2 Å². The second-order valence-corrected chi connectivity index (χ2v) is 5.51. The third-order valence-electron chi connectivity index (χ3n) is 4.08. The highest BCUT2D eigenvalue weighted by Gasteiger charge is 2.52. The van der Waals surface area contributed by atoms with Gasteiger partial charge >= 0.3 is 5.97 Å². The van der Waals surface area contributed by atoms with Crippen LogP contribution in [0.1, 0.15) is 37.3 Å². The number of esters is 1. The Morgan fingerprint density at radius 3 is 2.59 bits per heavy atom. The molecule has 2 amide bonds. The minimum atomic E-state index is -1.31. The largest absolute Gasteiger partial charge is 0.434 e. The summed E-state index contributed by atoms with van der Waals surface area (Å²) in [5.74, 6) is -1.27. The molecule has 0 saturated carbocycles. The number of amides is 2. The van der Waals surface area contributed by atoms with Crippen molar-refractivity contribution in [2.24, 2.45) is 0 Å². The lowest BCUT2D eigenvalue weighted by Crippen LogP contribution is -2.51. The fourth-order valence-corrected chi connectivity index (χ4v) is 3.14. The first kappa shape index (κ1) is 14.5. The van der Waals surface area contributed by atoms with Crippen molar-refractivity contribution >= 4 is 17.8 Å². The van der Waals surface area contributed by atoms with Crippen LogP contribution >= 0.6 is 0 Å². The van der Waals surface area contributed by atoms with Crippen LogP contribution in [0.3, 0.4) is 0 Å². The average Bonchev–Trinajstić information content (AvgIpc) is 3.02. The number of rotatable bonds is 4. The van der Waals surface area contributed by atoms with Gasteiger partial charge in [0, 0.05) is 30.6 Å². The first-order valence-electron chi connectivity index (χ1n) is 7.45. The van der Waals surface area contributed by atoms with E-state index in [1.165, 1.54) is 12.2 Å².